The first-order valence-corrected chi connectivity index (χ1v) is 6.70. The van der Waals surface area contributed by atoms with E-state index in [2.05, 4.69) is 31.2 Å². The van der Waals surface area contributed by atoms with Crippen molar-refractivity contribution >= 4 is 5.91 Å². The Bertz CT molecular complexity index is 425. The number of rotatable bonds is 3. The van der Waals surface area contributed by atoms with E-state index in [4.69, 9.17) is 5.73 Å². The van der Waals surface area contributed by atoms with E-state index in [1.807, 2.05) is 18.7 Å². The summed E-state index contributed by atoms with van der Waals surface area (Å²) in [7, 11) is 0. The molecule has 2 atom stereocenters. The summed E-state index contributed by atoms with van der Waals surface area (Å²) < 4.78 is 0. The quantitative estimate of drug-likeness (QED) is 0.889. The minimum atomic E-state index is -0.0904. The van der Waals surface area contributed by atoms with Crippen LogP contribution in [0.4, 0.5) is 0 Å². The van der Waals surface area contributed by atoms with Crippen LogP contribution in [-0.2, 0) is 11.2 Å². The van der Waals surface area contributed by atoms with Gasteiger partial charge in [0.25, 0.3) is 0 Å². The van der Waals surface area contributed by atoms with Crippen molar-refractivity contribution in [2.24, 2.45) is 5.73 Å². The van der Waals surface area contributed by atoms with Crippen LogP contribution in [-0.4, -0.2) is 22.9 Å². The van der Waals surface area contributed by atoms with Gasteiger partial charge in [0.15, 0.2) is 0 Å². The Kier molecular flexibility index (Phi) is 3.71. The average molecular weight is 246 g/mol. The van der Waals surface area contributed by atoms with Crippen LogP contribution in [0, 0.1) is 0 Å². The molecule has 0 aliphatic carbocycles. The molecule has 0 radical (unpaired) electrons. The van der Waals surface area contributed by atoms with Crippen LogP contribution in [0.3, 0.4) is 0 Å². The normalized spacial score (nSPS) is 24.1. The molecule has 1 heterocycles. The van der Waals surface area contributed by atoms with Crippen LogP contribution in [0.25, 0.3) is 0 Å². The highest BCUT2D eigenvalue weighted by Gasteiger charge is 2.39. The zero-order valence-corrected chi connectivity index (χ0v) is 11.4. The van der Waals surface area contributed by atoms with E-state index in [1.54, 1.807) is 0 Å². The molecule has 1 saturated heterocycles. The summed E-state index contributed by atoms with van der Waals surface area (Å²) in [6.45, 7) is 6.23. The molecule has 2 N–H and O–H groups in total. The molecule has 1 amide bonds. The van der Waals surface area contributed by atoms with Gasteiger partial charge in [-0.05, 0) is 31.4 Å². The topological polar surface area (TPSA) is 46.3 Å². The van der Waals surface area contributed by atoms with Gasteiger partial charge in [0.2, 0.25) is 5.91 Å². The van der Waals surface area contributed by atoms with E-state index in [0.29, 0.717) is 6.42 Å². The number of carbonyl (C=O) groups excluding carboxylic acids is 1. The monoisotopic (exact) mass is 246 g/mol. The maximum absolute atomic E-state index is 12.0. The first-order chi connectivity index (χ1) is 8.54. The van der Waals surface area contributed by atoms with Crippen molar-refractivity contribution in [2.45, 2.75) is 51.7 Å². The van der Waals surface area contributed by atoms with Gasteiger partial charge in [-0.15, -0.1) is 0 Å². The van der Waals surface area contributed by atoms with E-state index in [1.165, 1.54) is 5.56 Å². The number of benzene rings is 1. The molecule has 1 aromatic carbocycles. The fraction of sp³-hybridized carbons (Fsp3) is 0.533. The first kappa shape index (κ1) is 13.1. The largest absolute Gasteiger partial charge is 0.332 e. The van der Waals surface area contributed by atoms with Gasteiger partial charge >= 0.3 is 0 Å². The molecular weight excluding hydrogens is 224 g/mol. The number of carbonyl (C=O) groups is 1. The lowest BCUT2D eigenvalue weighted by Gasteiger charge is -2.30. The fourth-order valence-corrected chi connectivity index (χ4v) is 2.75. The van der Waals surface area contributed by atoms with E-state index >= 15 is 0 Å². The summed E-state index contributed by atoms with van der Waals surface area (Å²) in [5.74, 6) is 0.169. The highest BCUT2D eigenvalue weighted by Crippen LogP contribution is 2.33. The Morgan fingerprint density at radius 1 is 1.33 bits per heavy atom. The van der Waals surface area contributed by atoms with Gasteiger partial charge in [-0.25, -0.2) is 0 Å². The van der Waals surface area contributed by atoms with Crippen LogP contribution < -0.4 is 5.73 Å². The molecule has 3 nitrogen and oxygen atoms in total. The van der Waals surface area contributed by atoms with Gasteiger partial charge in [0.05, 0.1) is 6.04 Å². The van der Waals surface area contributed by atoms with Gasteiger partial charge in [0.1, 0.15) is 0 Å². The zero-order chi connectivity index (χ0) is 13.3. The molecule has 1 aliphatic heterocycles. The number of nitrogens with two attached hydrogens (primary N) is 1. The van der Waals surface area contributed by atoms with E-state index < -0.39 is 0 Å². The Labute approximate surface area is 109 Å². The van der Waals surface area contributed by atoms with Gasteiger partial charge in [0, 0.05) is 18.5 Å². The summed E-state index contributed by atoms with van der Waals surface area (Å²) in [6, 6.07) is 8.61. The van der Waals surface area contributed by atoms with Crippen LogP contribution in [0.2, 0.25) is 0 Å². The number of hydrogen-bond acceptors (Lipinski definition) is 2. The SMILES string of the molecule is CCc1ccc([C@H]2[C@H](N)CC(=O)N2C(C)C)cc1. The summed E-state index contributed by atoms with van der Waals surface area (Å²) in [6.07, 6.45) is 1.49. The lowest BCUT2D eigenvalue weighted by Crippen LogP contribution is -2.37. The standard InChI is InChI=1S/C15H22N2O/c1-4-11-5-7-12(8-6-11)15-13(16)9-14(18)17(15)10(2)3/h5-8,10,13,15H,4,9,16H2,1-3H3/t13-,15+/m1/s1. The predicted octanol–water partition coefficient (Wildman–Crippen LogP) is 2.26. The van der Waals surface area contributed by atoms with Crippen LogP contribution >= 0.6 is 0 Å². The number of likely N-dealkylation sites (tertiary alicyclic amines) is 1. The predicted molar refractivity (Wildman–Crippen MR) is 73.1 cm³/mol. The molecule has 1 fully saturated rings. The average Bonchev–Trinajstić information content (AvgIpc) is 2.64. The van der Waals surface area contributed by atoms with Crippen molar-refractivity contribution in [2.75, 3.05) is 0 Å². The smallest absolute Gasteiger partial charge is 0.225 e. The minimum absolute atomic E-state index is 0.0309. The summed E-state index contributed by atoms with van der Waals surface area (Å²) in [5, 5.41) is 0. The molecule has 0 saturated carbocycles. The van der Waals surface area contributed by atoms with Gasteiger partial charge in [-0.2, -0.15) is 0 Å². The second kappa shape index (κ2) is 5.11. The molecular formula is C15H22N2O. The summed E-state index contributed by atoms with van der Waals surface area (Å²) >= 11 is 0. The van der Waals surface area contributed by atoms with Crippen LogP contribution in [0.5, 0.6) is 0 Å². The second-order valence-corrected chi connectivity index (χ2v) is 5.30. The lowest BCUT2D eigenvalue weighted by molar-refractivity contribution is -0.130. The molecule has 0 aromatic heterocycles. The molecule has 1 aromatic rings. The Morgan fingerprint density at radius 2 is 1.94 bits per heavy atom. The Hall–Kier alpha value is -1.35. The molecule has 0 unspecified atom stereocenters. The molecule has 2 rings (SSSR count). The number of nitrogens with zero attached hydrogens (tertiary/aromatic N) is 1. The number of amides is 1. The van der Waals surface area contributed by atoms with E-state index in [9.17, 15) is 4.79 Å². The molecule has 1 aliphatic rings. The van der Waals surface area contributed by atoms with E-state index in [0.717, 1.165) is 12.0 Å². The van der Waals surface area contributed by atoms with Crippen molar-refractivity contribution in [1.29, 1.82) is 0 Å². The van der Waals surface area contributed by atoms with Crippen molar-refractivity contribution < 1.29 is 4.79 Å². The zero-order valence-electron chi connectivity index (χ0n) is 11.4. The van der Waals surface area contributed by atoms with Crippen LogP contribution in [0.1, 0.15) is 44.4 Å². The Balaban J connectivity index is 2.31. The first-order valence-electron chi connectivity index (χ1n) is 6.70. The summed E-state index contributed by atoms with van der Waals surface area (Å²) in [4.78, 5) is 13.9. The molecule has 98 valence electrons. The van der Waals surface area contributed by atoms with Crippen molar-refractivity contribution in [3.63, 3.8) is 0 Å². The third kappa shape index (κ3) is 2.27. The highest BCUT2D eigenvalue weighted by molar-refractivity contribution is 5.80. The third-order valence-corrected chi connectivity index (χ3v) is 3.69. The third-order valence-electron chi connectivity index (χ3n) is 3.69. The molecule has 0 bridgehead atoms. The second-order valence-electron chi connectivity index (χ2n) is 5.30. The van der Waals surface area contributed by atoms with Crippen LogP contribution in [0.15, 0.2) is 24.3 Å². The maximum atomic E-state index is 12.0. The Morgan fingerprint density at radius 3 is 2.44 bits per heavy atom. The number of hydrogen-bond donors (Lipinski definition) is 1. The van der Waals surface area contributed by atoms with Crippen molar-refractivity contribution in [3.05, 3.63) is 35.4 Å². The van der Waals surface area contributed by atoms with Crippen molar-refractivity contribution in [3.8, 4) is 0 Å². The fourth-order valence-electron chi connectivity index (χ4n) is 2.75. The minimum Gasteiger partial charge on any atom is -0.332 e. The summed E-state index contributed by atoms with van der Waals surface area (Å²) in [5.41, 5.74) is 8.60. The van der Waals surface area contributed by atoms with Gasteiger partial charge in [-0.1, -0.05) is 31.2 Å². The molecule has 3 heteroatoms. The van der Waals surface area contributed by atoms with Gasteiger partial charge in [-0.3, -0.25) is 4.79 Å². The highest BCUT2D eigenvalue weighted by atomic mass is 16.2. The molecule has 18 heavy (non-hydrogen) atoms. The lowest BCUT2D eigenvalue weighted by atomic mass is 9.98. The van der Waals surface area contributed by atoms with Gasteiger partial charge < -0.3 is 10.6 Å². The van der Waals surface area contributed by atoms with E-state index in [-0.39, 0.29) is 24.0 Å². The van der Waals surface area contributed by atoms with Crippen molar-refractivity contribution in [1.82, 2.24) is 4.90 Å². The maximum Gasteiger partial charge on any atom is 0.225 e. The number of aryl methyl sites for hydroxylation is 1. The molecule has 0 spiro atoms.